The second-order valence-electron chi connectivity index (χ2n) is 4.65. The third kappa shape index (κ3) is 4.14. The summed E-state index contributed by atoms with van der Waals surface area (Å²) in [5, 5.41) is 0.750. The lowest BCUT2D eigenvalue weighted by Gasteiger charge is -2.30. The summed E-state index contributed by atoms with van der Waals surface area (Å²) in [6.45, 7) is 5.85. The Morgan fingerprint density at radius 3 is 2.29 bits per heavy atom. The standard InChI is InChI=1S/C14H20ClNO/c1-10(9-11(2)17)16(4)12(3)13-5-7-14(15)8-6-13/h5-8,10,12H,9H2,1-4H3. The smallest absolute Gasteiger partial charge is 0.131 e. The molecule has 0 saturated heterocycles. The number of halogens is 1. The van der Waals surface area contributed by atoms with Crippen LogP contribution in [-0.2, 0) is 4.79 Å². The maximum atomic E-state index is 11.1. The fraction of sp³-hybridized carbons (Fsp3) is 0.500. The van der Waals surface area contributed by atoms with Gasteiger partial charge in [-0.25, -0.2) is 0 Å². The van der Waals surface area contributed by atoms with Crippen molar-refractivity contribution in [3.63, 3.8) is 0 Å². The van der Waals surface area contributed by atoms with Crippen LogP contribution in [0.2, 0.25) is 5.02 Å². The normalized spacial score (nSPS) is 14.7. The predicted octanol–water partition coefficient (Wildman–Crippen LogP) is 3.70. The van der Waals surface area contributed by atoms with Gasteiger partial charge in [0.05, 0.1) is 0 Å². The van der Waals surface area contributed by atoms with Crippen LogP contribution in [0.3, 0.4) is 0 Å². The quantitative estimate of drug-likeness (QED) is 0.798. The first-order valence-electron chi connectivity index (χ1n) is 5.88. The lowest BCUT2D eigenvalue weighted by atomic mass is 10.0. The van der Waals surface area contributed by atoms with Gasteiger partial charge < -0.3 is 0 Å². The Kier molecular flexibility index (Phi) is 5.16. The fourth-order valence-corrected chi connectivity index (χ4v) is 2.04. The molecule has 1 aromatic rings. The van der Waals surface area contributed by atoms with Crippen LogP contribution in [-0.4, -0.2) is 23.8 Å². The van der Waals surface area contributed by atoms with Gasteiger partial charge in [-0.3, -0.25) is 9.69 Å². The third-order valence-electron chi connectivity index (χ3n) is 3.24. The van der Waals surface area contributed by atoms with Gasteiger partial charge in [0, 0.05) is 23.5 Å². The summed E-state index contributed by atoms with van der Waals surface area (Å²) in [4.78, 5) is 13.3. The van der Waals surface area contributed by atoms with E-state index in [1.165, 1.54) is 5.56 Å². The molecule has 0 aliphatic heterocycles. The average molecular weight is 254 g/mol. The summed E-state index contributed by atoms with van der Waals surface area (Å²) >= 11 is 5.87. The van der Waals surface area contributed by atoms with Crippen LogP contribution in [0.5, 0.6) is 0 Å². The molecule has 0 aliphatic rings. The highest BCUT2D eigenvalue weighted by atomic mass is 35.5. The molecule has 0 N–H and O–H groups in total. The second-order valence-corrected chi connectivity index (χ2v) is 5.08. The number of carbonyl (C=O) groups is 1. The minimum absolute atomic E-state index is 0.229. The zero-order chi connectivity index (χ0) is 13.0. The van der Waals surface area contributed by atoms with E-state index in [-0.39, 0.29) is 17.9 Å². The number of Topliss-reactive ketones (excluding diaryl/α,β-unsaturated/α-hetero) is 1. The molecule has 3 heteroatoms. The minimum Gasteiger partial charge on any atom is -0.300 e. The first kappa shape index (κ1) is 14.2. The molecule has 17 heavy (non-hydrogen) atoms. The number of benzene rings is 1. The van der Waals surface area contributed by atoms with E-state index in [2.05, 4.69) is 18.7 Å². The number of carbonyl (C=O) groups excluding carboxylic acids is 1. The van der Waals surface area contributed by atoms with Crippen molar-refractivity contribution in [3.05, 3.63) is 34.9 Å². The monoisotopic (exact) mass is 253 g/mol. The van der Waals surface area contributed by atoms with Crippen LogP contribution >= 0.6 is 11.6 Å². The van der Waals surface area contributed by atoms with Gasteiger partial charge in [0.1, 0.15) is 5.78 Å². The highest BCUT2D eigenvalue weighted by Crippen LogP contribution is 2.23. The molecule has 2 nitrogen and oxygen atoms in total. The van der Waals surface area contributed by atoms with E-state index in [9.17, 15) is 4.79 Å². The van der Waals surface area contributed by atoms with Crippen LogP contribution in [0.4, 0.5) is 0 Å². The first-order valence-corrected chi connectivity index (χ1v) is 6.26. The van der Waals surface area contributed by atoms with Crippen molar-refractivity contribution < 1.29 is 4.79 Å². The zero-order valence-corrected chi connectivity index (χ0v) is 11.7. The molecule has 0 fully saturated rings. The molecule has 2 unspecified atom stereocenters. The van der Waals surface area contributed by atoms with E-state index in [4.69, 9.17) is 11.6 Å². The summed E-state index contributed by atoms with van der Waals surface area (Å²) in [7, 11) is 2.05. The van der Waals surface area contributed by atoms with Crippen molar-refractivity contribution in [2.24, 2.45) is 0 Å². The van der Waals surface area contributed by atoms with E-state index in [1.807, 2.05) is 31.3 Å². The molecule has 0 radical (unpaired) electrons. The predicted molar refractivity (Wildman–Crippen MR) is 72.4 cm³/mol. The molecule has 0 aliphatic carbocycles. The van der Waals surface area contributed by atoms with Gasteiger partial charge >= 0.3 is 0 Å². The summed E-state index contributed by atoms with van der Waals surface area (Å²) in [6.07, 6.45) is 0.592. The van der Waals surface area contributed by atoms with Crippen molar-refractivity contribution in [2.45, 2.75) is 39.3 Å². The van der Waals surface area contributed by atoms with Gasteiger partial charge in [0.25, 0.3) is 0 Å². The summed E-state index contributed by atoms with van der Waals surface area (Å²) in [6, 6.07) is 8.39. The molecule has 0 saturated carbocycles. The number of ketones is 1. The fourth-order valence-electron chi connectivity index (χ4n) is 1.92. The number of nitrogens with zero attached hydrogens (tertiary/aromatic N) is 1. The van der Waals surface area contributed by atoms with Crippen LogP contribution in [0, 0.1) is 0 Å². The Morgan fingerprint density at radius 2 is 1.82 bits per heavy atom. The van der Waals surface area contributed by atoms with Crippen LogP contribution in [0.25, 0.3) is 0 Å². The topological polar surface area (TPSA) is 20.3 Å². The molecule has 94 valence electrons. The van der Waals surface area contributed by atoms with Gasteiger partial charge in [-0.15, -0.1) is 0 Å². The Bertz CT molecular complexity index is 374. The number of hydrogen-bond acceptors (Lipinski definition) is 2. The molecule has 0 bridgehead atoms. The maximum absolute atomic E-state index is 11.1. The Balaban J connectivity index is 2.71. The Labute approximate surface area is 109 Å². The van der Waals surface area contributed by atoms with Gasteiger partial charge in [-0.1, -0.05) is 23.7 Å². The van der Waals surface area contributed by atoms with Crippen molar-refractivity contribution >= 4 is 17.4 Å². The lowest BCUT2D eigenvalue weighted by molar-refractivity contribution is -0.118. The van der Waals surface area contributed by atoms with Crippen molar-refractivity contribution in [1.82, 2.24) is 4.90 Å². The van der Waals surface area contributed by atoms with E-state index in [0.29, 0.717) is 6.42 Å². The van der Waals surface area contributed by atoms with Crippen molar-refractivity contribution in [1.29, 1.82) is 0 Å². The van der Waals surface area contributed by atoms with Crippen LogP contribution < -0.4 is 0 Å². The lowest BCUT2D eigenvalue weighted by Crippen LogP contribution is -2.33. The highest BCUT2D eigenvalue weighted by molar-refractivity contribution is 6.30. The highest BCUT2D eigenvalue weighted by Gasteiger charge is 2.18. The number of rotatable bonds is 5. The molecular weight excluding hydrogens is 234 g/mol. The van der Waals surface area contributed by atoms with Gasteiger partial charge in [-0.2, -0.15) is 0 Å². The third-order valence-corrected chi connectivity index (χ3v) is 3.49. The average Bonchev–Trinajstić information content (AvgIpc) is 2.27. The Morgan fingerprint density at radius 1 is 1.29 bits per heavy atom. The molecule has 0 spiro atoms. The van der Waals surface area contributed by atoms with Crippen LogP contribution in [0.15, 0.2) is 24.3 Å². The number of hydrogen-bond donors (Lipinski definition) is 0. The van der Waals surface area contributed by atoms with E-state index in [1.54, 1.807) is 6.92 Å². The van der Waals surface area contributed by atoms with Crippen LogP contribution in [0.1, 0.15) is 38.8 Å². The molecule has 1 rings (SSSR count). The van der Waals surface area contributed by atoms with Crippen molar-refractivity contribution in [2.75, 3.05) is 7.05 Å². The zero-order valence-electron chi connectivity index (χ0n) is 10.9. The minimum atomic E-state index is 0.229. The maximum Gasteiger partial charge on any atom is 0.131 e. The summed E-state index contributed by atoms with van der Waals surface area (Å²) < 4.78 is 0. The second kappa shape index (κ2) is 6.18. The summed E-state index contributed by atoms with van der Waals surface area (Å²) in [5.41, 5.74) is 1.22. The largest absolute Gasteiger partial charge is 0.300 e. The molecule has 0 amide bonds. The summed E-state index contributed by atoms with van der Waals surface area (Å²) in [5.74, 6) is 0.229. The van der Waals surface area contributed by atoms with E-state index < -0.39 is 0 Å². The Hall–Kier alpha value is -0.860. The van der Waals surface area contributed by atoms with Gasteiger partial charge in [-0.05, 0) is 45.5 Å². The van der Waals surface area contributed by atoms with E-state index >= 15 is 0 Å². The van der Waals surface area contributed by atoms with Gasteiger partial charge in [0.15, 0.2) is 0 Å². The molecular formula is C14H20ClNO. The SMILES string of the molecule is CC(=O)CC(C)N(C)C(C)c1ccc(Cl)cc1. The van der Waals surface area contributed by atoms with Crippen molar-refractivity contribution in [3.8, 4) is 0 Å². The molecule has 0 aromatic heterocycles. The van der Waals surface area contributed by atoms with E-state index in [0.717, 1.165) is 5.02 Å². The molecule has 2 atom stereocenters. The molecule has 1 aromatic carbocycles. The first-order chi connectivity index (χ1) is 7.91. The molecule has 0 heterocycles. The van der Waals surface area contributed by atoms with Gasteiger partial charge in [0.2, 0.25) is 0 Å².